The third kappa shape index (κ3) is 2.95. The van der Waals surface area contributed by atoms with E-state index >= 15 is 0 Å². The molecule has 1 heterocycles. The summed E-state index contributed by atoms with van der Waals surface area (Å²) in [7, 11) is 1.57. The second kappa shape index (κ2) is 6.60. The Bertz CT molecular complexity index is 581. The van der Waals surface area contributed by atoms with Crippen LogP contribution in [0.15, 0.2) is 24.3 Å². The summed E-state index contributed by atoms with van der Waals surface area (Å²) in [5.74, 6) is -1.38. The van der Waals surface area contributed by atoms with Crippen molar-refractivity contribution in [2.45, 2.75) is 26.4 Å². The number of carbonyl (C=O) groups excluding carboxylic acids is 3. The number of Topliss-reactive ketones (excluding diaryl/α,β-unsaturated/α-hetero) is 1. The minimum absolute atomic E-state index is 0.213. The minimum Gasteiger partial charge on any atom is -0.497 e. The van der Waals surface area contributed by atoms with Crippen LogP contribution in [0.25, 0.3) is 0 Å². The molecule has 0 aliphatic carbocycles. The highest BCUT2D eigenvalue weighted by Gasteiger charge is 2.54. The highest BCUT2D eigenvalue weighted by atomic mass is 16.5. The average molecular weight is 305 g/mol. The van der Waals surface area contributed by atoms with Crippen molar-refractivity contribution in [1.82, 2.24) is 4.90 Å². The van der Waals surface area contributed by atoms with Gasteiger partial charge in [0.05, 0.1) is 13.7 Å². The van der Waals surface area contributed by atoms with E-state index in [1.54, 1.807) is 26.2 Å². The fourth-order valence-electron chi connectivity index (χ4n) is 2.54. The number of carbonyl (C=O) groups is 3. The van der Waals surface area contributed by atoms with Gasteiger partial charge < -0.3 is 14.4 Å². The number of β-lactam (4-membered cyclic amide) rings is 1. The third-order valence-electron chi connectivity index (χ3n) is 3.68. The van der Waals surface area contributed by atoms with E-state index in [2.05, 4.69) is 0 Å². The van der Waals surface area contributed by atoms with Crippen molar-refractivity contribution < 1.29 is 23.9 Å². The van der Waals surface area contributed by atoms with Crippen molar-refractivity contribution in [3.63, 3.8) is 0 Å². The van der Waals surface area contributed by atoms with Gasteiger partial charge in [0.15, 0.2) is 0 Å². The lowest BCUT2D eigenvalue weighted by Crippen LogP contribution is -2.66. The molecule has 0 spiro atoms. The average Bonchev–Trinajstić information content (AvgIpc) is 2.50. The molecule has 1 amide bonds. The van der Waals surface area contributed by atoms with E-state index < -0.39 is 17.9 Å². The number of nitrogens with zero attached hydrogens (tertiary/aromatic N) is 1. The van der Waals surface area contributed by atoms with E-state index in [1.165, 1.54) is 11.8 Å². The van der Waals surface area contributed by atoms with E-state index in [4.69, 9.17) is 9.47 Å². The van der Waals surface area contributed by atoms with Gasteiger partial charge in [0, 0.05) is 6.54 Å². The summed E-state index contributed by atoms with van der Waals surface area (Å²) in [6.07, 6.45) is 0. The van der Waals surface area contributed by atoms with Gasteiger partial charge in [-0.3, -0.25) is 9.59 Å². The smallest absolute Gasteiger partial charge is 0.330 e. The van der Waals surface area contributed by atoms with Crippen molar-refractivity contribution in [2.24, 2.45) is 5.92 Å². The van der Waals surface area contributed by atoms with Crippen molar-refractivity contribution >= 4 is 17.7 Å². The molecule has 0 aromatic heterocycles. The predicted octanol–water partition coefficient (Wildman–Crippen LogP) is 1.17. The molecule has 0 unspecified atom stereocenters. The van der Waals surface area contributed by atoms with E-state index in [9.17, 15) is 14.4 Å². The van der Waals surface area contributed by atoms with Crippen LogP contribution < -0.4 is 4.74 Å². The molecule has 2 atom stereocenters. The van der Waals surface area contributed by atoms with Gasteiger partial charge >= 0.3 is 5.97 Å². The summed E-state index contributed by atoms with van der Waals surface area (Å²) in [5.41, 5.74) is 0.852. The van der Waals surface area contributed by atoms with Gasteiger partial charge in [-0.15, -0.1) is 0 Å². The van der Waals surface area contributed by atoms with Crippen LogP contribution in [0.4, 0.5) is 0 Å². The largest absolute Gasteiger partial charge is 0.497 e. The number of rotatable bonds is 6. The summed E-state index contributed by atoms with van der Waals surface area (Å²) < 4.78 is 10.1. The molecule has 6 nitrogen and oxygen atoms in total. The molecule has 2 rings (SSSR count). The van der Waals surface area contributed by atoms with Crippen molar-refractivity contribution in [3.8, 4) is 5.75 Å². The third-order valence-corrected chi connectivity index (χ3v) is 3.68. The Balaban J connectivity index is 2.15. The van der Waals surface area contributed by atoms with Crippen LogP contribution >= 0.6 is 0 Å². The Morgan fingerprint density at radius 1 is 1.23 bits per heavy atom. The normalized spacial score (nSPS) is 20.3. The van der Waals surface area contributed by atoms with Crippen LogP contribution in [0.1, 0.15) is 19.4 Å². The Kier molecular flexibility index (Phi) is 4.80. The SMILES string of the molecule is CCOC(=O)[C@@H]1[C@@H](C(C)=O)C(=O)N1Cc1ccc(OC)cc1. The van der Waals surface area contributed by atoms with Crippen LogP contribution in [0.5, 0.6) is 5.75 Å². The van der Waals surface area contributed by atoms with E-state index in [-0.39, 0.29) is 24.8 Å². The Hall–Kier alpha value is -2.37. The molecular weight excluding hydrogens is 286 g/mol. The summed E-state index contributed by atoms with van der Waals surface area (Å²) in [4.78, 5) is 37.1. The molecular formula is C16H19NO5. The van der Waals surface area contributed by atoms with Gasteiger partial charge in [-0.2, -0.15) is 0 Å². The Morgan fingerprint density at radius 3 is 2.36 bits per heavy atom. The van der Waals surface area contributed by atoms with Crippen LogP contribution in [0.3, 0.4) is 0 Å². The maximum Gasteiger partial charge on any atom is 0.330 e. The first-order valence-electron chi connectivity index (χ1n) is 7.10. The molecule has 1 saturated heterocycles. The van der Waals surface area contributed by atoms with Crippen molar-refractivity contribution in [1.29, 1.82) is 0 Å². The van der Waals surface area contributed by atoms with Gasteiger partial charge in [0.25, 0.3) is 0 Å². The monoisotopic (exact) mass is 305 g/mol. The molecule has 118 valence electrons. The zero-order valence-corrected chi connectivity index (χ0v) is 12.9. The quantitative estimate of drug-likeness (QED) is 0.448. The molecule has 1 aromatic rings. The number of likely N-dealkylation sites (tertiary alicyclic amines) is 1. The zero-order chi connectivity index (χ0) is 16.3. The maximum atomic E-state index is 12.1. The van der Waals surface area contributed by atoms with Gasteiger partial charge in [0.1, 0.15) is 23.5 Å². The number of esters is 1. The van der Waals surface area contributed by atoms with Crippen LogP contribution in [-0.4, -0.2) is 42.3 Å². The lowest BCUT2D eigenvalue weighted by molar-refractivity contribution is -0.177. The van der Waals surface area contributed by atoms with E-state index in [0.717, 1.165) is 5.56 Å². The van der Waals surface area contributed by atoms with E-state index in [0.29, 0.717) is 5.75 Å². The maximum absolute atomic E-state index is 12.1. The van der Waals surface area contributed by atoms with Gasteiger partial charge in [-0.1, -0.05) is 12.1 Å². The molecule has 0 N–H and O–H groups in total. The van der Waals surface area contributed by atoms with E-state index in [1.807, 2.05) is 12.1 Å². The second-order valence-corrected chi connectivity index (χ2v) is 5.10. The van der Waals surface area contributed by atoms with Crippen LogP contribution in [-0.2, 0) is 25.7 Å². The summed E-state index contributed by atoms with van der Waals surface area (Å²) in [6.45, 7) is 3.48. The Labute approximate surface area is 129 Å². The summed E-state index contributed by atoms with van der Waals surface area (Å²) >= 11 is 0. The molecule has 22 heavy (non-hydrogen) atoms. The number of hydrogen-bond acceptors (Lipinski definition) is 5. The van der Waals surface area contributed by atoms with Gasteiger partial charge in [-0.25, -0.2) is 4.79 Å². The highest BCUT2D eigenvalue weighted by Crippen LogP contribution is 2.30. The summed E-state index contributed by atoms with van der Waals surface area (Å²) in [5, 5.41) is 0. The number of hydrogen-bond donors (Lipinski definition) is 0. The molecule has 1 aliphatic heterocycles. The van der Waals surface area contributed by atoms with Gasteiger partial charge in [-0.05, 0) is 31.5 Å². The molecule has 0 radical (unpaired) electrons. The number of amides is 1. The first-order valence-corrected chi connectivity index (χ1v) is 7.10. The lowest BCUT2D eigenvalue weighted by atomic mass is 9.84. The number of ketones is 1. The standard InChI is InChI=1S/C16H19NO5/c1-4-22-16(20)14-13(10(2)18)15(19)17(14)9-11-5-7-12(21-3)8-6-11/h5-8,13-14H,4,9H2,1-3H3/t13-,14+/m1/s1. The second-order valence-electron chi connectivity index (χ2n) is 5.10. The fraction of sp³-hybridized carbons (Fsp3) is 0.438. The fourth-order valence-corrected chi connectivity index (χ4v) is 2.54. The topological polar surface area (TPSA) is 72.9 Å². The lowest BCUT2D eigenvalue weighted by Gasteiger charge is -2.44. The first-order chi connectivity index (χ1) is 10.5. The number of methoxy groups -OCH3 is 1. The van der Waals surface area contributed by atoms with Crippen LogP contribution in [0.2, 0.25) is 0 Å². The molecule has 0 saturated carbocycles. The zero-order valence-electron chi connectivity index (χ0n) is 12.9. The molecule has 6 heteroatoms. The highest BCUT2D eigenvalue weighted by molar-refractivity contribution is 6.11. The first kappa shape index (κ1) is 16.0. The van der Waals surface area contributed by atoms with Crippen molar-refractivity contribution in [2.75, 3.05) is 13.7 Å². The Morgan fingerprint density at radius 2 is 1.86 bits per heavy atom. The van der Waals surface area contributed by atoms with Crippen LogP contribution in [0, 0.1) is 5.92 Å². The summed E-state index contributed by atoms with van der Waals surface area (Å²) in [6, 6.07) is 6.36. The predicted molar refractivity (Wildman–Crippen MR) is 78.1 cm³/mol. The molecule has 1 fully saturated rings. The number of ether oxygens (including phenoxy) is 2. The van der Waals surface area contributed by atoms with Crippen molar-refractivity contribution in [3.05, 3.63) is 29.8 Å². The molecule has 0 bridgehead atoms. The molecule has 1 aromatic carbocycles. The molecule has 1 aliphatic rings. The number of benzene rings is 1. The van der Waals surface area contributed by atoms with Gasteiger partial charge in [0.2, 0.25) is 5.91 Å². The minimum atomic E-state index is -0.919.